The Bertz CT molecular complexity index is 782. The van der Waals surface area contributed by atoms with Gasteiger partial charge < -0.3 is 9.73 Å². The number of amides is 1. The van der Waals surface area contributed by atoms with E-state index in [9.17, 15) is 13.2 Å². The first kappa shape index (κ1) is 18.6. The quantitative estimate of drug-likeness (QED) is 0.718. The number of rotatable bonds is 8. The van der Waals surface area contributed by atoms with E-state index in [4.69, 9.17) is 4.42 Å². The number of carbonyl (C=O) groups excluding carboxylic acids is 1. The SMILES string of the molecule is CCN(CCCNC(=O)c1nc(-c2ccco2)sc1C)S(C)(=O)=O. The molecule has 2 aromatic rings. The molecule has 0 fully saturated rings. The molecule has 0 unspecified atom stereocenters. The minimum absolute atomic E-state index is 0.260. The summed E-state index contributed by atoms with van der Waals surface area (Å²) in [7, 11) is -3.20. The number of aromatic nitrogens is 1. The number of aryl methyl sites for hydroxylation is 1. The van der Waals surface area contributed by atoms with Crippen molar-refractivity contribution in [1.29, 1.82) is 0 Å². The third-order valence-corrected chi connectivity index (χ3v) is 5.80. The van der Waals surface area contributed by atoms with Crippen molar-refractivity contribution in [2.24, 2.45) is 0 Å². The number of hydrogen-bond donors (Lipinski definition) is 1. The van der Waals surface area contributed by atoms with E-state index < -0.39 is 10.0 Å². The molecule has 0 spiro atoms. The van der Waals surface area contributed by atoms with Gasteiger partial charge >= 0.3 is 0 Å². The molecule has 0 atom stereocenters. The molecule has 0 radical (unpaired) electrons. The van der Waals surface area contributed by atoms with E-state index in [2.05, 4.69) is 10.3 Å². The Labute approximate surface area is 145 Å². The second kappa shape index (κ2) is 7.91. The fraction of sp³-hybridized carbons (Fsp3) is 0.467. The minimum Gasteiger partial charge on any atom is -0.462 e. The summed E-state index contributed by atoms with van der Waals surface area (Å²) in [5, 5.41) is 3.45. The van der Waals surface area contributed by atoms with E-state index in [1.807, 2.05) is 6.92 Å². The van der Waals surface area contributed by atoms with Gasteiger partial charge in [-0.15, -0.1) is 11.3 Å². The molecular weight excluding hydrogens is 350 g/mol. The minimum atomic E-state index is -3.20. The summed E-state index contributed by atoms with van der Waals surface area (Å²) in [6, 6.07) is 3.57. The number of nitrogens with zero attached hydrogens (tertiary/aromatic N) is 2. The van der Waals surface area contributed by atoms with Gasteiger partial charge in [0, 0.05) is 24.5 Å². The van der Waals surface area contributed by atoms with Gasteiger partial charge in [0.25, 0.3) is 5.91 Å². The molecule has 132 valence electrons. The molecule has 0 aromatic carbocycles. The van der Waals surface area contributed by atoms with Crippen LogP contribution in [0, 0.1) is 6.92 Å². The van der Waals surface area contributed by atoms with Crippen LogP contribution in [0.25, 0.3) is 10.8 Å². The van der Waals surface area contributed by atoms with E-state index >= 15 is 0 Å². The highest BCUT2D eigenvalue weighted by atomic mass is 32.2. The van der Waals surface area contributed by atoms with Crippen LogP contribution in [0.3, 0.4) is 0 Å². The summed E-state index contributed by atoms with van der Waals surface area (Å²) in [6.07, 6.45) is 3.29. The third-order valence-electron chi connectivity index (χ3n) is 3.44. The van der Waals surface area contributed by atoms with Crippen molar-refractivity contribution in [3.63, 3.8) is 0 Å². The molecule has 9 heteroatoms. The molecule has 0 aliphatic heterocycles. The van der Waals surface area contributed by atoms with Crippen molar-refractivity contribution in [1.82, 2.24) is 14.6 Å². The molecule has 0 aliphatic carbocycles. The van der Waals surface area contributed by atoms with Gasteiger partial charge in [-0.2, -0.15) is 0 Å². The van der Waals surface area contributed by atoms with Gasteiger partial charge in [-0.05, 0) is 25.5 Å². The highest BCUT2D eigenvalue weighted by molar-refractivity contribution is 7.88. The average molecular weight is 371 g/mol. The first-order valence-electron chi connectivity index (χ1n) is 7.57. The van der Waals surface area contributed by atoms with E-state index in [1.165, 1.54) is 21.9 Å². The highest BCUT2D eigenvalue weighted by Gasteiger charge is 2.18. The summed E-state index contributed by atoms with van der Waals surface area (Å²) < 4.78 is 29.7. The van der Waals surface area contributed by atoms with Gasteiger partial charge in [-0.1, -0.05) is 6.92 Å². The number of thiazole rings is 1. The second-order valence-electron chi connectivity index (χ2n) is 5.27. The zero-order chi connectivity index (χ0) is 17.7. The Morgan fingerprint density at radius 1 is 1.46 bits per heavy atom. The van der Waals surface area contributed by atoms with Crippen molar-refractivity contribution in [3.05, 3.63) is 29.0 Å². The van der Waals surface area contributed by atoms with Crippen LogP contribution in [0.5, 0.6) is 0 Å². The van der Waals surface area contributed by atoms with Crippen LogP contribution in [-0.2, 0) is 10.0 Å². The molecule has 0 bridgehead atoms. The normalized spacial score (nSPS) is 11.8. The monoisotopic (exact) mass is 371 g/mol. The lowest BCUT2D eigenvalue weighted by Crippen LogP contribution is -2.33. The first-order chi connectivity index (χ1) is 11.3. The number of nitrogens with one attached hydrogen (secondary N) is 1. The van der Waals surface area contributed by atoms with E-state index in [0.29, 0.717) is 42.5 Å². The number of carbonyl (C=O) groups is 1. The number of hydrogen-bond acceptors (Lipinski definition) is 6. The lowest BCUT2D eigenvalue weighted by atomic mass is 10.3. The molecule has 2 aromatic heterocycles. The van der Waals surface area contributed by atoms with Crippen LogP contribution in [0.4, 0.5) is 0 Å². The molecule has 1 amide bonds. The maximum Gasteiger partial charge on any atom is 0.271 e. The molecule has 2 rings (SSSR count). The lowest BCUT2D eigenvalue weighted by Gasteiger charge is -2.17. The maximum atomic E-state index is 12.2. The molecular formula is C15H21N3O4S2. The van der Waals surface area contributed by atoms with E-state index in [-0.39, 0.29) is 5.91 Å². The smallest absolute Gasteiger partial charge is 0.271 e. The third kappa shape index (κ3) is 4.65. The van der Waals surface area contributed by atoms with Crippen LogP contribution >= 0.6 is 11.3 Å². The molecule has 0 saturated carbocycles. The summed E-state index contributed by atoms with van der Waals surface area (Å²) >= 11 is 1.40. The van der Waals surface area contributed by atoms with Crippen LogP contribution in [0.1, 0.15) is 28.7 Å². The van der Waals surface area contributed by atoms with Crippen LogP contribution in [0.15, 0.2) is 22.8 Å². The van der Waals surface area contributed by atoms with E-state index in [0.717, 1.165) is 4.88 Å². The topological polar surface area (TPSA) is 92.5 Å². The van der Waals surface area contributed by atoms with Crippen LogP contribution in [-0.4, -0.2) is 49.5 Å². The fourth-order valence-electron chi connectivity index (χ4n) is 2.21. The highest BCUT2D eigenvalue weighted by Crippen LogP contribution is 2.27. The Kier molecular flexibility index (Phi) is 6.14. The summed E-state index contributed by atoms with van der Waals surface area (Å²) in [5.74, 6) is 0.373. The average Bonchev–Trinajstić information content (AvgIpc) is 3.14. The lowest BCUT2D eigenvalue weighted by molar-refractivity contribution is 0.0948. The number of sulfonamides is 1. The Hall–Kier alpha value is -1.71. The molecule has 0 aliphatic rings. The summed E-state index contributed by atoms with van der Waals surface area (Å²) in [5.41, 5.74) is 0.377. The van der Waals surface area contributed by atoms with Gasteiger partial charge in [-0.3, -0.25) is 4.79 Å². The summed E-state index contributed by atoms with van der Waals surface area (Å²) in [6.45, 7) is 4.81. The van der Waals surface area contributed by atoms with Crippen molar-refractivity contribution < 1.29 is 17.6 Å². The number of furan rings is 1. The maximum absolute atomic E-state index is 12.2. The Morgan fingerprint density at radius 2 is 2.21 bits per heavy atom. The van der Waals surface area contributed by atoms with Crippen molar-refractivity contribution in [2.75, 3.05) is 25.9 Å². The standard InChI is InChI=1S/C15H21N3O4S2/c1-4-18(24(3,20)21)9-6-8-16-14(19)13-11(2)23-15(17-13)12-7-5-10-22-12/h5,7,10H,4,6,8-9H2,1-3H3,(H,16,19). The predicted molar refractivity (Wildman–Crippen MR) is 93.6 cm³/mol. The molecule has 24 heavy (non-hydrogen) atoms. The molecule has 7 nitrogen and oxygen atoms in total. The van der Waals surface area contributed by atoms with Gasteiger partial charge in [0.2, 0.25) is 10.0 Å². The predicted octanol–water partition coefficient (Wildman–Crippen LogP) is 2.11. The second-order valence-corrected chi connectivity index (χ2v) is 8.45. The van der Waals surface area contributed by atoms with Crippen molar-refractivity contribution in [3.8, 4) is 10.8 Å². The van der Waals surface area contributed by atoms with Crippen molar-refractivity contribution in [2.45, 2.75) is 20.3 Å². The van der Waals surface area contributed by atoms with Crippen LogP contribution < -0.4 is 5.32 Å². The Morgan fingerprint density at radius 3 is 2.79 bits per heavy atom. The van der Waals surface area contributed by atoms with Gasteiger partial charge in [0.05, 0.1) is 12.5 Å². The van der Waals surface area contributed by atoms with E-state index in [1.54, 1.807) is 25.3 Å². The zero-order valence-corrected chi connectivity index (χ0v) is 15.5. The van der Waals surface area contributed by atoms with Gasteiger partial charge in [0.1, 0.15) is 5.69 Å². The Balaban J connectivity index is 1.89. The van der Waals surface area contributed by atoms with Crippen molar-refractivity contribution >= 4 is 27.3 Å². The van der Waals surface area contributed by atoms with Gasteiger partial charge in [-0.25, -0.2) is 17.7 Å². The summed E-state index contributed by atoms with van der Waals surface area (Å²) in [4.78, 5) is 17.4. The van der Waals surface area contributed by atoms with Gasteiger partial charge in [0.15, 0.2) is 10.8 Å². The zero-order valence-electron chi connectivity index (χ0n) is 13.9. The van der Waals surface area contributed by atoms with Crippen LogP contribution in [0.2, 0.25) is 0 Å². The largest absolute Gasteiger partial charge is 0.462 e. The molecule has 2 heterocycles. The first-order valence-corrected chi connectivity index (χ1v) is 10.2. The fourth-order valence-corrected chi connectivity index (χ4v) is 4.02. The molecule has 0 saturated heterocycles. The molecule has 1 N–H and O–H groups in total.